The van der Waals surface area contributed by atoms with Crippen molar-refractivity contribution >= 4 is 23.2 Å². The number of nitrogens with one attached hydrogen (secondary N) is 1. The largest absolute Gasteiger partial charge is 0.437 e. The van der Waals surface area contributed by atoms with Crippen molar-refractivity contribution in [1.82, 2.24) is 24.1 Å². The van der Waals surface area contributed by atoms with E-state index in [-0.39, 0.29) is 32.3 Å². The van der Waals surface area contributed by atoms with E-state index in [1.807, 2.05) is 6.92 Å². The van der Waals surface area contributed by atoms with Gasteiger partial charge in [0, 0.05) is 42.6 Å². The number of nitrogens with zero attached hydrogens (tertiary/aromatic N) is 5. The molecule has 0 fully saturated rings. The Bertz CT molecular complexity index is 1470. The lowest BCUT2D eigenvalue weighted by Gasteiger charge is -2.17. The summed E-state index contributed by atoms with van der Waals surface area (Å²) in [5.41, 5.74) is 0.595. The second-order valence-electron chi connectivity index (χ2n) is 8.31. The van der Waals surface area contributed by atoms with Gasteiger partial charge in [-0.1, -0.05) is 23.7 Å². The van der Waals surface area contributed by atoms with Crippen LogP contribution in [-0.2, 0) is 13.1 Å². The lowest BCUT2D eigenvalue weighted by molar-refractivity contribution is 0.134. The first-order chi connectivity index (χ1) is 17.9. The fraction of sp³-hybridized carbons (Fsp3) is 0.240. The van der Waals surface area contributed by atoms with Crippen molar-refractivity contribution in [2.75, 3.05) is 18.5 Å². The molecule has 0 radical (unpaired) electrons. The van der Waals surface area contributed by atoms with Crippen LogP contribution in [0.1, 0.15) is 11.3 Å². The van der Waals surface area contributed by atoms with E-state index in [1.165, 1.54) is 10.8 Å². The van der Waals surface area contributed by atoms with Crippen LogP contribution < -0.4 is 21.4 Å². The molecule has 11 nitrogen and oxygen atoms in total. The Morgan fingerprint density at radius 1 is 0.973 bits per heavy atom. The highest BCUT2D eigenvalue weighted by molar-refractivity contribution is 6.30. The van der Waals surface area contributed by atoms with Gasteiger partial charge < -0.3 is 20.3 Å². The van der Waals surface area contributed by atoms with Crippen LogP contribution in [0.15, 0.2) is 70.5 Å². The Hall–Kier alpha value is -4.06. The number of hydrogen-bond donors (Lipinski definition) is 3. The highest BCUT2D eigenvalue weighted by Gasteiger charge is 2.17. The minimum absolute atomic E-state index is 0.0315. The van der Waals surface area contributed by atoms with Crippen molar-refractivity contribution in [2.45, 2.75) is 20.0 Å². The maximum absolute atomic E-state index is 13.3. The van der Waals surface area contributed by atoms with Crippen molar-refractivity contribution in [3.8, 4) is 11.6 Å². The minimum atomic E-state index is -0.801. The van der Waals surface area contributed by atoms with E-state index in [0.717, 1.165) is 15.8 Å². The third-order valence-corrected chi connectivity index (χ3v) is 5.68. The monoisotopic (exact) mass is 524 g/mol. The number of benzene rings is 2. The number of rotatable bonds is 10. The van der Waals surface area contributed by atoms with Crippen LogP contribution in [0.4, 0.5) is 11.6 Å². The molecule has 0 aliphatic rings. The van der Waals surface area contributed by atoms with Crippen LogP contribution in [-0.4, -0.2) is 47.5 Å². The number of hydrogen-bond acceptors (Lipinski definition) is 9. The summed E-state index contributed by atoms with van der Waals surface area (Å²) in [6.45, 7) is 0.962. The normalized spacial score (nSPS) is 11.1. The summed E-state index contributed by atoms with van der Waals surface area (Å²) < 4.78 is 7.92. The summed E-state index contributed by atoms with van der Waals surface area (Å²) in [7, 11) is 0. The molecule has 0 aliphatic heterocycles. The van der Waals surface area contributed by atoms with Crippen LogP contribution in [0.25, 0.3) is 0 Å². The van der Waals surface area contributed by atoms with Crippen molar-refractivity contribution in [1.29, 1.82) is 0 Å². The maximum atomic E-state index is 13.3. The third-order valence-electron chi connectivity index (χ3n) is 5.43. The molecule has 12 heteroatoms. The second kappa shape index (κ2) is 11.8. The van der Waals surface area contributed by atoms with E-state index >= 15 is 0 Å². The zero-order chi connectivity index (χ0) is 26.4. The Balaban J connectivity index is 1.65. The molecule has 0 atom stereocenters. The average Bonchev–Trinajstić information content (AvgIpc) is 2.89. The number of ether oxygens (including phenoxy) is 1. The molecule has 192 valence electrons. The van der Waals surface area contributed by atoms with Crippen molar-refractivity contribution in [3.63, 3.8) is 0 Å². The Labute approximate surface area is 216 Å². The molecule has 0 saturated carbocycles. The van der Waals surface area contributed by atoms with Gasteiger partial charge in [-0.05, 0) is 48.9 Å². The standard InChI is InChI=1S/C25H25ClN6O5/c1-16-10-27-11-22(28-16)37-21-8-6-20(7-9-21)29-23-30-24(35)32(13-18(14-33)15-34)25(36)31(23)12-17-2-4-19(26)5-3-17/h2-11,18,33-34H,12-15H2,1H3,(H,29,30,35). The molecule has 3 N–H and O–H groups in total. The second-order valence-corrected chi connectivity index (χ2v) is 8.74. The van der Waals surface area contributed by atoms with Gasteiger partial charge in [0.15, 0.2) is 0 Å². The van der Waals surface area contributed by atoms with Crippen LogP contribution >= 0.6 is 11.6 Å². The molecule has 0 saturated heterocycles. The van der Waals surface area contributed by atoms with Gasteiger partial charge in [0.2, 0.25) is 11.8 Å². The maximum Gasteiger partial charge on any atom is 0.354 e. The quantitative estimate of drug-likeness (QED) is 0.284. The van der Waals surface area contributed by atoms with Crippen molar-refractivity contribution in [3.05, 3.63) is 98.2 Å². The molecule has 2 aromatic carbocycles. The summed E-state index contributed by atoms with van der Waals surface area (Å²) >= 11 is 5.99. The summed E-state index contributed by atoms with van der Waals surface area (Å²) in [5, 5.41) is 22.4. The highest BCUT2D eigenvalue weighted by atomic mass is 35.5. The van der Waals surface area contributed by atoms with Gasteiger partial charge in [0.1, 0.15) is 5.75 Å². The number of anilines is 2. The third kappa shape index (κ3) is 6.58. The summed E-state index contributed by atoms with van der Waals surface area (Å²) in [5.74, 6) is 0.225. The van der Waals surface area contributed by atoms with Crippen LogP contribution in [0.5, 0.6) is 11.6 Å². The zero-order valence-electron chi connectivity index (χ0n) is 19.9. The average molecular weight is 525 g/mol. The van der Waals surface area contributed by atoms with Crippen LogP contribution in [0.2, 0.25) is 5.02 Å². The van der Waals surface area contributed by atoms with E-state index in [0.29, 0.717) is 22.3 Å². The zero-order valence-corrected chi connectivity index (χ0v) is 20.7. The van der Waals surface area contributed by atoms with Gasteiger partial charge in [-0.15, -0.1) is 0 Å². The van der Waals surface area contributed by atoms with Gasteiger partial charge in [-0.3, -0.25) is 9.55 Å². The first-order valence-corrected chi connectivity index (χ1v) is 11.8. The smallest absolute Gasteiger partial charge is 0.354 e. The minimum Gasteiger partial charge on any atom is -0.437 e. The number of aliphatic hydroxyl groups is 2. The van der Waals surface area contributed by atoms with Gasteiger partial charge >= 0.3 is 11.4 Å². The fourth-order valence-electron chi connectivity index (χ4n) is 3.47. The predicted octanol–water partition coefficient (Wildman–Crippen LogP) is 2.34. The van der Waals surface area contributed by atoms with Crippen LogP contribution in [0, 0.1) is 12.8 Å². The molecule has 37 heavy (non-hydrogen) atoms. The van der Waals surface area contributed by atoms with Gasteiger partial charge in [-0.25, -0.2) is 19.1 Å². The van der Waals surface area contributed by atoms with E-state index in [9.17, 15) is 19.8 Å². The van der Waals surface area contributed by atoms with E-state index in [4.69, 9.17) is 16.3 Å². The molecule has 0 bridgehead atoms. The Kier molecular flexibility index (Phi) is 8.29. The molecule has 0 unspecified atom stereocenters. The molecular weight excluding hydrogens is 500 g/mol. The molecule has 4 aromatic rings. The fourth-order valence-corrected chi connectivity index (χ4v) is 3.60. The molecule has 2 heterocycles. The Morgan fingerprint density at radius 2 is 1.68 bits per heavy atom. The van der Waals surface area contributed by atoms with E-state index < -0.39 is 17.3 Å². The predicted molar refractivity (Wildman–Crippen MR) is 138 cm³/mol. The van der Waals surface area contributed by atoms with Gasteiger partial charge in [0.25, 0.3) is 0 Å². The summed E-state index contributed by atoms with van der Waals surface area (Å²) in [6.07, 6.45) is 3.13. The number of aromatic nitrogens is 5. The first kappa shape index (κ1) is 26.0. The van der Waals surface area contributed by atoms with Gasteiger partial charge in [0.05, 0.1) is 18.4 Å². The number of aliphatic hydroxyl groups excluding tert-OH is 2. The molecule has 0 amide bonds. The number of aryl methyl sites for hydroxylation is 1. The number of halogens is 1. The van der Waals surface area contributed by atoms with Gasteiger partial charge in [-0.2, -0.15) is 4.98 Å². The molecule has 0 spiro atoms. The molecular formula is C25H25ClN6O5. The topological polar surface area (TPSA) is 144 Å². The summed E-state index contributed by atoms with van der Waals surface area (Å²) in [4.78, 5) is 38.5. The van der Waals surface area contributed by atoms with E-state index in [1.54, 1.807) is 54.7 Å². The molecule has 0 aliphatic carbocycles. The van der Waals surface area contributed by atoms with E-state index in [2.05, 4.69) is 20.3 Å². The first-order valence-electron chi connectivity index (χ1n) is 11.4. The van der Waals surface area contributed by atoms with Crippen molar-refractivity contribution in [2.24, 2.45) is 5.92 Å². The summed E-state index contributed by atoms with van der Waals surface area (Å²) in [6, 6.07) is 13.7. The molecule has 4 rings (SSSR count). The lowest BCUT2D eigenvalue weighted by Crippen LogP contribution is -2.44. The van der Waals surface area contributed by atoms with Crippen molar-refractivity contribution < 1.29 is 14.9 Å². The molecule has 2 aromatic heterocycles. The van der Waals surface area contributed by atoms with Crippen LogP contribution in [0.3, 0.4) is 0 Å². The lowest BCUT2D eigenvalue weighted by atomic mass is 10.2. The SMILES string of the molecule is Cc1cncc(Oc2ccc(Nc3nc(=O)n(CC(CO)CO)c(=O)n3Cc3ccc(Cl)cc3)cc2)n1. The Morgan fingerprint density at radius 3 is 2.32 bits per heavy atom. The highest BCUT2D eigenvalue weighted by Crippen LogP contribution is 2.23.